The van der Waals surface area contributed by atoms with Gasteiger partial charge in [0, 0.05) is 80.8 Å². The van der Waals surface area contributed by atoms with E-state index in [4.69, 9.17) is 28.6 Å². The largest absolute Gasteiger partial charge is 0.444 e. The van der Waals surface area contributed by atoms with Gasteiger partial charge in [-0.05, 0) is 51.1 Å². The predicted octanol–water partition coefficient (Wildman–Crippen LogP) is 5.21. The highest BCUT2D eigenvalue weighted by Crippen LogP contribution is 2.27. The summed E-state index contributed by atoms with van der Waals surface area (Å²) in [5.41, 5.74) is 1.18. The van der Waals surface area contributed by atoms with E-state index in [2.05, 4.69) is 40.9 Å². The van der Waals surface area contributed by atoms with Crippen molar-refractivity contribution in [1.82, 2.24) is 30.3 Å². The molecule has 1 fully saturated rings. The molecule has 1 aliphatic heterocycles. The molecule has 3 aromatic rings. The lowest BCUT2D eigenvalue weighted by Gasteiger charge is -2.34. The van der Waals surface area contributed by atoms with Crippen molar-refractivity contribution in [3.05, 3.63) is 58.1 Å². The molecule has 0 saturated carbocycles. The van der Waals surface area contributed by atoms with Gasteiger partial charge in [0.15, 0.2) is 0 Å². The highest BCUT2D eigenvalue weighted by atomic mass is 35.5. The summed E-state index contributed by atoms with van der Waals surface area (Å²) in [6.07, 6.45) is 1.48. The third kappa shape index (κ3) is 10.2. The smallest absolute Gasteiger partial charge is 0.407 e. The number of anilines is 3. The molecule has 2 amide bonds. The van der Waals surface area contributed by atoms with Gasteiger partial charge in [0.2, 0.25) is 5.91 Å². The Balaban J connectivity index is 1.23. The van der Waals surface area contributed by atoms with Crippen LogP contribution in [0.15, 0.2) is 42.6 Å². The molecule has 11 nitrogen and oxygen atoms in total. The minimum absolute atomic E-state index is 0.145. The van der Waals surface area contributed by atoms with Crippen LogP contribution in [0.2, 0.25) is 5.02 Å². The molecular formula is C29H36ClFN8O3S. The van der Waals surface area contributed by atoms with E-state index in [0.717, 1.165) is 32.7 Å². The first kappa shape index (κ1) is 32.3. The number of carbonyl (C=O) groups is 2. The molecule has 0 atom stereocenters. The number of aromatic nitrogens is 3. The van der Waals surface area contributed by atoms with Gasteiger partial charge in [-0.3, -0.25) is 14.8 Å². The van der Waals surface area contributed by atoms with Crippen LogP contribution >= 0.6 is 23.8 Å². The van der Waals surface area contributed by atoms with Crippen molar-refractivity contribution in [1.29, 1.82) is 0 Å². The normalized spacial score (nSPS) is 14.3. The van der Waals surface area contributed by atoms with Crippen LogP contribution in [-0.4, -0.2) is 88.4 Å². The lowest BCUT2D eigenvalue weighted by molar-refractivity contribution is -0.116. The fraction of sp³-hybridized carbons (Fsp3) is 0.414. The molecule has 0 unspecified atom stereocenters. The van der Waals surface area contributed by atoms with Gasteiger partial charge in [0.1, 0.15) is 21.9 Å². The number of halogens is 2. The molecule has 0 spiro atoms. The van der Waals surface area contributed by atoms with Crippen LogP contribution in [0.1, 0.15) is 27.2 Å². The van der Waals surface area contributed by atoms with Gasteiger partial charge in [0.05, 0.1) is 11.4 Å². The zero-order valence-corrected chi connectivity index (χ0v) is 25.9. The van der Waals surface area contributed by atoms with Gasteiger partial charge in [0.25, 0.3) is 0 Å². The average Bonchev–Trinajstić information content (AvgIpc) is 2.94. The quantitative estimate of drug-likeness (QED) is 0.223. The molecule has 0 radical (unpaired) electrons. The van der Waals surface area contributed by atoms with Crippen molar-refractivity contribution in [3.8, 4) is 11.3 Å². The molecule has 43 heavy (non-hydrogen) atoms. The van der Waals surface area contributed by atoms with Crippen molar-refractivity contribution in [2.75, 3.05) is 56.4 Å². The van der Waals surface area contributed by atoms with Crippen molar-refractivity contribution in [2.45, 2.75) is 32.8 Å². The second kappa shape index (κ2) is 14.7. The Morgan fingerprint density at radius 3 is 2.53 bits per heavy atom. The zero-order valence-electron chi connectivity index (χ0n) is 24.4. The molecule has 230 valence electrons. The number of benzene rings is 1. The Morgan fingerprint density at radius 2 is 1.81 bits per heavy atom. The summed E-state index contributed by atoms with van der Waals surface area (Å²) >= 11 is 11.4. The maximum Gasteiger partial charge on any atom is 0.407 e. The fourth-order valence-corrected chi connectivity index (χ4v) is 4.72. The third-order valence-corrected chi connectivity index (χ3v) is 7.08. The van der Waals surface area contributed by atoms with Gasteiger partial charge < -0.3 is 25.6 Å². The number of piperazine rings is 1. The Bertz CT molecular complexity index is 1490. The molecule has 1 aliphatic rings. The molecule has 14 heteroatoms. The number of H-pyrrole nitrogens is 1. The fourth-order valence-electron chi connectivity index (χ4n) is 4.39. The first-order valence-corrected chi connectivity index (χ1v) is 14.7. The second-order valence-electron chi connectivity index (χ2n) is 11.1. The van der Waals surface area contributed by atoms with Crippen molar-refractivity contribution in [3.63, 3.8) is 0 Å². The first-order valence-electron chi connectivity index (χ1n) is 13.9. The van der Waals surface area contributed by atoms with Crippen LogP contribution in [0.5, 0.6) is 0 Å². The van der Waals surface area contributed by atoms with Crippen LogP contribution in [0.4, 0.5) is 26.4 Å². The van der Waals surface area contributed by atoms with Crippen molar-refractivity contribution in [2.24, 2.45) is 0 Å². The maximum absolute atomic E-state index is 14.4. The summed E-state index contributed by atoms with van der Waals surface area (Å²) in [4.78, 5) is 33.2. The Kier molecular flexibility index (Phi) is 11.0. The molecular weight excluding hydrogens is 595 g/mol. The number of hydrogen-bond donors (Lipinski definition) is 4. The molecule has 4 rings (SSSR count). The van der Waals surface area contributed by atoms with Gasteiger partial charge in [-0.1, -0.05) is 23.8 Å². The SMILES string of the molecule is CC(C)(C)OC(=O)NCCN1CCN(CCC(=O)Nc2cc(Nc3cc(-c4cc(Cl)ccc4F)n[nH]c3=S)ccn2)CC1. The summed E-state index contributed by atoms with van der Waals surface area (Å²) in [5, 5.41) is 16.1. The Hall–Kier alpha value is -3.65. The number of pyridine rings is 1. The highest BCUT2D eigenvalue weighted by Gasteiger charge is 2.19. The topological polar surface area (TPSA) is 128 Å². The number of hydrogen-bond acceptors (Lipinski definition) is 9. The van der Waals surface area contributed by atoms with E-state index in [-0.39, 0.29) is 11.5 Å². The minimum atomic E-state index is -0.516. The summed E-state index contributed by atoms with van der Waals surface area (Å²) < 4.78 is 20.0. The molecule has 0 aliphatic carbocycles. The summed E-state index contributed by atoms with van der Waals surface area (Å²) in [6, 6.07) is 9.29. The number of carbonyl (C=O) groups excluding carboxylic acids is 2. The molecule has 4 N–H and O–H groups in total. The maximum atomic E-state index is 14.4. The highest BCUT2D eigenvalue weighted by molar-refractivity contribution is 7.71. The number of alkyl carbamates (subject to hydrolysis) is 1. The molecule has 3 heterocycles. The number of ether oxygens (including phenoxy) is 1. The number of rotatable bonds is 10. The van der Waals surface area contributed by atoms with E-state index >= 15 is 0 Å². The Labute approximate surface area is 260 Å². The lowest BCUT2D eigenvalue weighted by Crippen LogP contribution is -2.49. The van der Waals surface area contributed by atoms with E-state index in [0.29, 0.717) is 52.1 Å². The van der Waals surface area contributed by atoms with E-state index in [9.17, 15) is 14.0 Å². The average molecular weight is 631 g/mol. The van der Waals surface area contributed by atoms with Gasteiger partial charge in [-0.25, -0.2) is 14.2 Å². The van der Waals surface area contributed by atoms with Gasteiger partial charge in [-0.15, -0.1) is 0 Å². The minimum Gasteiger partial charge on any atom is -0.444 e. The number of nitrogens with zero attached hydrogens (tertiary/aromatic N) is 4. The van der Waals surface area contributed by atoms with E-state index < -0.39 is 17.5 Å². The standard InChI is InChI=1S/C29H36ClFN8O3S/c1-29(2,3)42-28(41)33-9-11-39-14-12-38(13-15-39)10-7-26(40)35-25-17-20(6-8-32-25)34-24-18-23(36-37-27(24)43)21-16-19(30)4-5-22(21)31/h4-6,8,16-18H,7,9-15H2,1-3H3,(H,33,41)(H,37,43)(H2,32,34,35,36,40). The summed E-state index contributed by atoms with van der Waals surface area (Å²) in [7, 11) is 0. The predicted molar refractivity (Wildman–Crippen MR) is 168 cm³/mol. The van der Waals surface area contributed by atoms with Crippen molar-refractivity contribution >= 4 is 53.0 Å². The molecule has 1 aromatic carbocycles. The molecule has 1 saturated heterocycles. The lowest BCUT2D eigenvalue weighted by atomic mass is 10.1. The number of nitrogens with one attached hydrogen (secondary N) is 4. The number of amides is 2. The molecule has 0 bridgehead atoms. The van der Waals surface area contributed by atoms with Crippen molar-refractivity contribution < 1.29 is 18.7 Å². The summed E-state index contributed by atoms with van der Waals surface area (Å²) in [6.45, 7) is 10.8. The molecule has 2 aromatic heterocycles. The first-order chi connectivity index (χ1) is 20.4. The second-order valence-corrected chi connectivity index (χ2v) is 11.9. The van der Waals surface area contributed by atoms with E-state index in [1.807, 2.05) is 20.8 Å². The van der Waals surface area contributed by atoms with Crippen LogP contribution in [0.3, 0.4) is 0 Å². The Morgan fingerprint density at radius 1 is 1.09 bits per heavy atom. The van der Waals surface area contributed by atoms with E-state index in [1.165, 1.54) is 18.2 Å². The van der Waals surface area contributed by atoms with E-state index in [1.54, 1.807) is 24.4 Å². The van der Waals surface area contributed by atoms with Gasteiger partial charge >= 0.3 is 6.09 Å². The third-order valence-electron chi connectivity index (χ3n) is 6.53. The van der Waals surface area contributed by atoms with Crippen LogP contribution < -0.4 is 16.0 Å². The van der Waals surface area contributed by atoms with Crippen LogP contribution in [-0.2, 0) is 9.53 Å². The van der Waals surface area contributed by atoms with Gasteiger partial charge in [-0.2, -0.15) is 5.10 Å². The monoisotopic (exact) mass is 630 g/mol. The van der Waals surface area contributed by atoms with Crippen LogP contribution in [0, 0.1) is 10.5 Å². The number of aromatic amines is 1. The van der Waals surface area contributed by atoms with Crippen LogP contribution in [0.25, 0.3) is 11.3 Å². The summed E-state index contributed by atoms with van der Waals surface area (Å²) in [5.74, 6) is -0.215. The zero-order chi connectivity index (χ0) is 31.0.